The zero-order valence-corrected chi connectivity index (χ0v) is 15.9. The van der Waals surface area contributed by atoms with Gasteiger partial charge in [-0.2, -0.15) is 0 Å². The second-order valence-electron chi connectivity index (χ2n) is 8.35. The summed E-state index contributed by atoms with van der Waals surface area (Å²) in [6.45, 7) is 7.55. The number of benzene rings is 1. The van der Waals surface area contributed by atoms with Crippen LogP contribution in [0.4, 0.5) is 0 Å². The molecule has 0 aliphatic carbocycles. The van der Waals surface area contributed by atoms with Crippen molar-refractivity contribution in [2.24, 2.45) is 11.8 Å². The topological polar surface area (TPSA) is 30.7 Å². The van der Waals surface area contributed by atoms with Gasteiger partial charge < -0.3 is 9.64 Å². The van der Waals surface area contributed by atoms with Gasteiger partial charge >= 0.3 is 5.97 Å². The van der Waals surface area contributed by atoms with Crippen molar-refractivity contribution >= 4 is 5.97 Å². The van der Waals surface area contributed by atoms with Gasteiger partial charge in [-0.05, 0) is 56.9 Å². The Balaban J connectivity index is 1.42. The van der Waals surface area contributed by atoms with Crippen LogP contribution in [0.5, 0.6) is 0 Å². The van der Waals surface area contributed by atoms with E-state index in [4.69, 9.17) is 4.74 Å². The molecule has 25 heavy (non-hydrogen) atoms. The summed E-state index contributed by atoms with van der Waals surface area (Å²) in [5, 5.41) is 0. The van der Waals surface area contributed by atoms with Gasteiger partial charge in [-0.15, -0.1) is 0 Å². The van der Waals surface area contributed by atoms with Gasteiger partial charge in [0.2, 0.25) is 0 Å². The summed E-state index contributed by atoms with van der Waals surface area (Å²) in [6.07, 6.45) is 8.04. The monoisotopic (exact) mass is 344 g/mol. The summed E-state index contributed by atoms with van der Waals surface area (Å²) in [5.74, 6) is 0.903. The number of rotatable bonds is 6. The minimum absolute atomic E-state index is 0.0110. The van der Waals surface area contributed by atoms with E-state index >= 15 is 0 Å². The number of hydrogen-bond acceptors (Lipinski definition) is 2. The van der Waals surface area contributed by atoms with Crippen LogP contribution in [0.15, 0.2) is 24.3 Å². The molecule has 138 valence electrons. The SMILES string of the molecule is Cc1cccc(C[C@H](C)CC(=O)OC[C@@H]2CCC[NH+]3CCCC[C@H]23)c1. The van der Waals surface area contributed by atoms with Crippen LogP contribution in [0.3, 0.4) is 0 Å². The molecule has 2 aliphatic heterocycles. The van der Waals surface area contributed by atoms with Crippen molar-refractivity contribution in [2.45, 2.75) is 64.8 Å². The molecule has 4 atom stereocenters. The second-order valence-corrected chi connectivity index (χ2v) is 8.35. The Bertz CT molecular complexity index is 569. The maximum absolute atomic E-state index is 12.3. The van der Waals surface area contributed by atoms with Crippen molar-refractivity contribution < 1.29 is 14.4 Å². The Hall–Kier alpha value is -1.35. The summed E-state index contributed by atoms with van der Waals surface area (Å²) in [5.41, 5.74) is 2.60. The Kier molecular flexibility index (Phi) is 6.52. The van der Waals surface area contributed by atoms with Crippen LogP contribution in [0.1, 0.15) is 56.6 Å². The number of hydrogen-bond donors (Lipinski definition) is 1. The van der Waals surface area contributed by atoms with Crippen molar-refractivity contribution in [3.8, 4) is 0 Å². The predicted molar refractivity (Wildman–Crippen MR) is 101 cm³/mol. The molecule has 1 unspecified atom stereocenters. The summed E-state index contributed by atoms with van der Waals surface area (Å²) in [4.78, 5) is 14.1. The number of nitrogens with one attached hydrogen (secondary N) is 1. The Labute approximate surface area is 152 Å². The predicted octanol–water partition coefficient (Wildman–Crippen LogP) is 2.95. The lowest BCUT2D eigenvalue weighted by molar-refractivity contribution is -0.940. The zero-order valence-electron chi connectivity index (χ0n) is 15.9. The highest BCUT2D eigenvalue weighted by molar-refractivity contribution is 5.69. The third-order valence-corrected chi connectivity index (χ3v) is 6.07. The molecule has 1 N–H and O–H groups in total. The summed E-state index contributed by atoms with van der Waals surface area (Å²) >= 11 is 0. The van der Waals surface area contributed by atoms with Crippen LogP contribution in [0, 0.1) is 18.8 Å². The first kappa shape index (κ1) is 18.4. The maximum atomic E-state index is 12.3. The van der Waals surface area contributed by atoms with E-state index in [0.29, 0.717) is 24.9 Å². The molecular weight excluding hydrogens is 310 g/mol. The van der Waals surface area contributed by atoms with Gasteiger partial charge in [0.25, 0.3) is 0 Å². The van der Waals surface area contributed by atoms with Gasteiger partial charge in [-0.25, -0.2) is 0 Å². The fourth-order valence-electron chi connectivity index (χ4n) is 4.83. The molecule has 0 saturated carbocycles. The van der Waals surface area contributed by atoms with Crippen LogP contribution < -0.4 is 4.90 Å². The van der Waals surface area contributed by atoms with E-state index in [1.54, 1.807) is 4.90 Å². The molecular formula is C22H34NO2+. The van der Waals surface area contributed by atoms with E-state index in [2.05, 4.69) is 38.1 Å². The Morgan fingerprint density at radius 1 is 1.24 bits per heavy atom. The van der Waals surface area contributed by atoms with Crippen LogP contribution in [0.2, 0.25) is 0 Å². The highest BCUT2D eigenvalue weighted by Crippen LogP contribution is 2.21. The number of esters is 1. The van der Waals surface area contributed by atoms with E-state index in [-0.39, 0.29) is 5.97 Å². The smallest absolute Gasteiger partial charge is 0.306 e. The molecule has 1 aromatic carbocycles. The minimum atomic E-state index is -0.0110. The van der Waals surface area contributed by atoms with Gasteiger partial charge in [0.1, 0.15) is 0 Å². The highest BCUT2D eigenvalue weighted by Gasteiger charge is 2.37. The molecule has 2 aliphatic rings. The van der Waals surface area contributed by atoms with E-state index in [1.165, 1.54) is 56.3 Å². The molecule has 0 spiro atoms. The third kappa shape index (κ3) is 5.31. The van der Waals surface area contributed by atoms with Gasteiger partial charge in [-0.1, -0.05) is 36.8 Å². The standard InChI is InChI=1S/C22H33NO2/c1-17-7-5-8-19(13-17)14-18(2)15-22(24)25-16-20-9-6-12-23-11-4-3-10-21(20)23/h5,7-8,13,18,20-21H,3-4,6,9-12,14-16H2,1-2H3/p+1/t18-,20-,21+/m0/s1. The first-order valence-electron chi connectivity index (χ1n) is 10.2. The van der Waals surface area contributed by atoms with Crippen LogP contribution >= 0.6 is 0 Å². The molecule has 0 radical (unpaired) electrons. The molecule has 3 heteroatoms. The summed E-state index contributed by atoms with van der Waals surface area (Å²) in [6, 6.07) is 9.31. The molecule has 2 saturated heterocycles. The molecule has 2 fully saturated rings. The van der Waals surface area contributed by atoms with Crippen molar-refractivity contribution in [1.29, 1.82) is 0 Å². The lowest BCUT2D eigenvalue weighted by Crippen LogP contribution is -3.18. The fourth-order valence-corrected chi connectivity index (χ4v) is 4.83. The summed E-state index contributed by atoms with van der Waals surface area (Å²) in [7, 11) is 0. The summed E-state index contributed by atoms with van der Waals surface area (Å²) < 4.78 is 5.71. The van der Waals surface area contributed by atoms with E-state index in [9.17, 15) is 4.79 Å². The largest absolute Gasteiger partial charge is 0.465 e. The van der Waals surface area contributed by atoms with Gasteiger partial charge in [0.05, 0.1) is 25.7 Å². The molecule has 3 nitrogen and oxygen atoms in total. The average Bonchev–Trinajstić information content (AvgIpc) is 2.59. The number of quaternary nitrogens is 1. The maximum Gasteiger partial charge on any atom is 0.306 e. The van der Waals surface area contributed by atoms with Gasteiger partial charge in [-0.3, -0.25) is 4.79 Å². The molecule has 1 aromatic rings. The average molecular weight is 345 g/mol. The number of ether oxygens (including phenoxy) is 1. The third-order valence-electron chi connectivity index (χ3n) is 6.07. The molecule has 3 rings (SSSR count). The lowest BCUT2D eigenvalue weighted by atomic mass is 9.84. The minimum Gasteiger partial charge on any atom is -0.465 e. The number of carbonyl (C=O) groups excluding carboxylic acids is 1. The van der Waals surface area contributed by atoms with Gasteiger partial charge in [0.15, 0.2) is 0 Å². The van der Waals surface area contributed by atoms with Crippen LogP contribution in [0.25, 0.3) is 0 Å². The molecule has 2 heterocycles. The number of fused-ring (bicyclic) bond motifs is 1. The highest BCUT2D eigenvalue weighted by atomic mass is 16.5. The van der Waals surface area contributed by atoms with E-state index in [1.807, 2.05) is 0 Å². The first-order valence-corrected chi connectivity index (χ1v) is 10.2. The molecule has 0 aromatic heterocycles. The fraction of sp³-hybridized carbons (Fsp3) is 0.682. The molecule has 0 bridgehead atoms. The quantitative estimate of drug-likeness (QED) is 0.805. The second kappa shape index (κ2) is 8.84. The van der Waals surface area contributed by atoms with E-state index < -0.39 is 0 Å². The number of aryl methyl sites for hydroxylation is 1. The number of carbonyl (C=O) groups is 1. The van der Waals surface area contributed by atoms with Crippen molar-refractivity contribution in [3.05, 3.63) is 35.4 Å². The van der Waals surface area contributed by atoms with Gasteiger partial charge in [0, 0.05) is 12.3 Å². The van der Waals surface area contributed by atoms with Crippen molar-refractivity contribution in [2.75, 3.05) is 19.7 Å². The Morgan fingerprint density at radius 2 is 2.08 bits per heavy atom. The number of piperidine rings is 2. The van der Waals surface area contributed by atoms with Crippen molar-refractivity contribution in [3.63, 3.8) is 0 Å². The first-order chi connectivity index (χ1) is 12.1. The lowest BCUT2D eigenvalue weighted by Gasteiger charge is -2.41. The van der Waals surface area contributed by atoms with Crippen LogP contribution in [-0.2, 0) is 16.0 Å². The zero-order chi connectivity index (χ0) is 17.6. The van der Waals surface area contributed by atoms with E-state index in [0.717, 1.165) is 12.5 Å². The Morgan fingerprint density at radius 3 is 2.92 bits per heavy atom. The molecule has 0 amide bonds. The van der Waals surface area contributed by atoms with Crippen molar-refractivity contribution in [1.82, 2.24) is 0 Å². The normalized spacial score (nSPS) is 27.4. The van der Waals surface area contributed by atoms with Crippen LogP contribution in [-0.4, -0.2) is 31.7 Å².